The molecule has 1 atom stereocenters. The molecule has 4 rings (SSSR count). The Morgan fingerprint density at radius 1 is 1.18 bits per heavy atom. The van der Waals surface area contributed by atoms with Crippen molar-refractivity contribution in [3.8, 4) is 5.75 Å². The smallest absolute Gasteiger partial charge is 0.401 e. The number of rotatable bonds is 7. The number of amides is 1. The highest BCUT2D eigenvalue weighted by Crippen LogP contribution is 2.36. The number of methoxy groups -OCH3 is 1. The molecule has 2 aromatic heterocycles. The second kappa shape index (κ2) is 10.8. The molecule has 206 valence electrons. The van der Waals surface area contributed by atoms with Gasteiger partial charge in [-0.1, -0.05) is 18.2 Å². The van der Waals surface area contributed by atoms with Crippen LogP contribution in [0.15, 0.2) is 29.1 Å². The molecule has 1 aliphatic rings. The summed E-state index contributed by atoms with van der Waals surface area (Å²) in [7, 11) is 1.50. The summed E-state index contributed by atoms with van der Waals surface area (Å²) in [6.07, 6.45) is -2.89. The molecular weight excluding hydrogens is 497 g/mol. The summed E-state index contributed by atoms with van der Waals surface area (Å²) in [5, 5.41) is 3.70. The van der Waals surface area contributed by atoms with Gasteiger partial charge < -0.3 is 19.6 Å². The van der Waals surface area contributed by atoms with E-state index in [1.165, 1.54) is 12.0 Å². The Balaban J connectivity index is 1.59. The average molecular weight is 533 g/mol. The fraction of sp³-hybridized carbons (Fsp3) is 0.500. The van der Waals surface area contributed by atoms with E-state index in [4.69, 9.17) is 4.74 Å². The maximum absolute atomic E-state index is 13.5. The van der Waals surface area contributed by atoms with Gasteiger partial charge in [0, 0.05) is 33.9 Å². The number of likely N-dealkylation sites (tertiary alicyclic amines) is 1. The van der Waals surface area contributed by atoms with E-state index in [-0.39, 0.29) is 30.0 Å². The van der Waals surface area contributed by atoms with Crippen molar-refractivity contribution in [2.75, 3.05) is 26.7 Å². The number of carbonyl (C=O) groups is 1. The van der Waals surface area contributed by atoms with Gasteiger partial charge in [-0.2, -0.15) is 13.2 Å². The lowest BCUT2D eigenvalue weighted by molar-refractivity contribution is -0.149. The van der Waals surface area contributed by atoms with Crippen molar-refractivity contribution in [2.24, 2.45) is 5.92 Å². The van der Waals surface area contributed by atoms with E-state index in [0.717, 1.165) is 22.2 Å². The molecular formula is C28H35F3N4O3. The van der Waals surface area contributed by atoms with Crippen molar-refractivity contribution in [3.63, 3.8) is 0 Å². The Labute approximate surface area is 220 Å². The molecule has 0 radical (unpaired) electrons. The number of hydrogen-bond donors (Lipinski definition) is 2. The predicted molar refractivity (Wildman–Crippen MR) is 141 cm³/mol. The molecule has 0 spiro atoms. The molecule has 38 heavy (non-hydrogen) atoms. The monoisotopic (exact) mass is 532 g/mol. The van der Waals surface area contributed by atoms with Gasteiger partial charge in [-0.15, -0.1) is 0 Å². The lowest BCUT2D eigenvalue weighted by Crippen LogP contribution is -2.41. The van der Waals surface area contributed by atoms with E-state index in [1.807, 2.05) is 38.1 Å². The number of hydrogen-bond acceptors (Lipinski definition) is 4. The van der Waals surface area contributed by atoms with Crippen LogP contribution < -0.4 is 15.6 Å². The van der Waals surface area contributed by atoms with Crippen LogP contribution in [0.5, 0.6) is 5.75 Å². The molecule has 1 fully saturated rings. The first-order chi connectivity index (χ1) is 17.9. The normalized spacial score (nSPS) is 16.1. The van der Waals surface area contributed by atoms with Crippen LogP contribution in [-0.4, -0.2) is 53.3 Å². The van der Waals surface area contributed by atoms with Gasteiger partial charge in [-0.25, -0.2) is 0 Å². The molecule has 2 N–H and O–H groups in total. The first-order valence-corrected chi connectivity index (χ1v) is 12.9. The molecule has 10 heteroatoms. The van der Waals surface area contributed by atoms with Gasteiger partial charge in [0.1, 0.15) is 5.75 Å². The molecule has 1 amide bonds. The molecule has 0 bridgehead atoms. The maximum Gasteiger partial charge on any atom is 0.401 e. The van der Waals surface area contributed by atoms with Gasteiger partial charge in [-0.05, 0) is 65.6 Å². The zero-order valence-corrected chi connectivity index (χ0v) is 22.5. The van der Waals surface area contributed by atoms with Crippen LogP contribution in [0.2, 0.25) is 0 Å². The van der Waals surface area contributed by atoms with Gasteiger partial charge in [0.2, 0.25) is 0 Å². The van der Waals surface area contributed by atoms with Crippen molar-refractivity contribution in [2.45, 2.75) is 59.3 Å². The summed E-state index contributed by atoms with van der Waals surface area (Å²) < 4.78 is 46.1. The Morgan fingerprint density at radius 2 is 1.84 bits per heavy atom. The number of aromatic amines is 1. The number of alkyl halides is 3. The van der Waals surface area contributed by atoms with Crippen LogP contribution in [0.4, 0.5) is 13.2 Å². The number of fused-ring (bicyclic) bond motifs is 1. The minimum atomic E-state index is -4.19. The first-order valence-electron chi connectivity index (χ1n) is 12.9. The molecule has 1 saturated heterocycles. The number of halogens is 3. The van der Waals surface area contributed by atoms with Crippen molar-refractivity contribution in [3.05, 3.63) is 62.7 Å². The minimum absolute atomic E-state index is 0.00262. The van der Waals surface area contributed by atoms with Crippen LogP contribution in [0.3, 0.4) is 0 Å². The zero-order chi connectivity index (χ0) is 27.8. The molecule has 3 aromatic rings. The summed E-state index contributed by atoms with van der Waals surface area (Å²) in [5.41, 5.74) is 3.77. The standard InChI is InChI=1S/C28H35F3N4O3/c1-16-17(2)33-26(36)22(25(16)38-5)14-32-27(37)24-19(4)35(23-9-7-6-8-21(23)24)18(3)20-10-12-34(13-11-20)15-28(29,30)31/h6-9,18,20H,10-15H2,1-5H3,(H,32,37)(H,33,36)/t18-/m1/s1. The largest absolute Gasteiger partial charge is 0.496 e. The van der Waals surface area contributed by atoms with E-state index in [0.29, 0.717) is 48.5 Å². The van der Waals surface area contributed by atoms with Crippen LogP contribution in [0, 0.1) is 26.7 Å². The minimum Gasteiger partial charge on any atom is -0.496 e. The van der Waals surface area contributed by atoms with Crippen molar-refractivity contribution in [1.82, 2.24) is 19.8 Å². The number of ether oxygens (including phenoxy) is 1. The van der Waals surface area contributed by atoms with Crippen LogP contribution >= 0.6 is 0 Å². The fourth-order valence-electron chi connectivity index (χ4n) is 5.79. The number of benzene rings is 1. The van der Waals surface area contributed by atoms with Gasteiger partial charge in [0.25, 0.3) is 11.5 Å². The molecule has 1 aliphatic heterocycles. The molecule has 3 heterocycles. The highest BCUT2D eigenvalue weighted by Gasteiger charge is 2.34. The maximum atomic E-state index is 13.5. The number of para-hydroxylation sites is 1. The van der Waals surface area contributed by atoms with Crippen LogP contribution in [-0.2, 0) is 6.54 Å². The Bertz CT molecular complexity index is 1380. The number of carbonyl (C=O) groups excluding carboxylic acids is 1. The third kappa shape index (κ3) is 5.45. The lowest BCUT2D eigenvalue weighted by atomic mass is 9.90. The van der Waals surface area contributed by atoms with Crippen molar-refractivity contribution >= 4 is 16.8 Å². The quantitative estimate of drug-likeness (QED) is 0.448. The Hall–Kier alpha value is -3.27. The number of aryl methyl sites for hydroxylation is 1. The highest BCUT2D eigenvalue weighted by atomic mass is 19.4. The third-order valence-electron chi connectivity index (χ3n) is 7.89. The first kappa shape index (κ1) is 27.8. The second-order valence-electron chi connectivity index (χ2n) is 10.2. The predicted octanol–water partition coefficient (Wildman–Crippen LogP) is 5.03. The number of nitrogens with one attached hydrogen (secondary N) is 2. The van der Waals surface area contributed by atoms with Gasteiger partial charge in [0.05, 0.1) is 31.3 Å². The van der Waals surface area contributed by atoms with E-state index < -0.39 is 12.7 Å². The van der Waals surface area contributed by atoms with E-state index >= 15 is 0 Å². The van der Waals surface area contributed by atoms with Gasteiger partial charge >= 0.3 is 6.18 Å². The SMILES string of the molecule is COc1c(C)c(C)[nH]c(=O)c1CNC(=O)c1c(C)n([C@H](C)C2CCN(CC(F)(F)F)CC2)c2ccccc12. The molecule has 0 unspecified atom stereocenters. The average Bonchev–Trinajstić information content (AvgIpc) is 3.16. The molecule has 7 nitrogen and oxygen atoms in total. The number of nitrogens with zero attached hydrogens (tertiary/aromatic N) is 2. The third-order valence-corrected chi connectivity index (χ3v) is 7.89. The zero-order valence-electron chi connectivity index (χ0n) is 22.5. The summed E-state index contributed by atoms with van der Waals surface area (Å²) in [4.78, 5) is 30.4. The van der Waals surface area contributed by atoms with Gasteiger partial charge in [0.15, 0.2) is 0 Å². The van der Waals surface area contributed by atoms with Crippen LogP contribution in [0.25, 0.3) is 10.9 Å². The molecule has 0 aliphatic carbocycles. The number of H-pyrrole nitrogens is 1. The van der Waals surface area contributed by atoms with E-state index in [2.05, 4.69) is 21.8 Å². The van der Waals surface area contributed by atoms with Crippen molar-refractivity contribution < 1.29 is 22.7 Å². The van der Waals surface area contributed by atoms with Crippen molar-refractivity contribution in [1.29, 1.82) is 0 Å². The van der Waals surface area contributed by atoms with E-state index in [1.54, 1.807) is 6.92 Å². The Kier molecular flexibility index (Phi) is 7.92. The molecule has 1 aromatic carbocycles. The summed E-state index contributed by atoms with van der Waals surface area (Å²) in [6.45, 7) is 7.53. The summed E-state index contributed by atoms with van der Waals surface area (Å²) >= 11 is 0. The van der Waals surface area contributed by atoms with Crippen LogP contribution in [0.1, 0.15) is 58.7 Å². The number of piperidine rings is 1. The second-order valence-corrected chi connectivity index (χ2v) is 10.2. The topological polar surface area (TPSA) is 79.4 Å². The highest BCUT2D eigenvalue weighted by molar-refractivity contribution is 6.08. The van der Waals surface area contributed by atoms with E-state index in [9.17, 15) is 22.8 Å². The fourth-order valence-corrected chi connectivity index (χ4v) is 5.79. The number of aromatic nitrogens is 2. The molecule has 0 saturated carbocycles. The lowest BCUT2D eigenvalue weighted by Gasteiger charge is -2.36. The summed E-state index contributed by atoms with van der Waals surface area (Å²) in [5.74, 6) is 0.337. The Morgan fingerprint density at radius 3 is 2.47 bits per heavy atom. The van der Waals surface area contributed by atoms with Gasteiger partial charge in [-0.3, -0.25) is 14.5 Å². The summed E-state index contributed by atoms with van der Waals surface area (Å²) in [6, 6.07) is 7.65. The number of pyridine rings is 1.